The molecule has 1 aromatic carbocycles. The van der Waals surface area contributed by atoms with Crippen molar-refractivity contribution in [1.29, 1.82) is 0 Å². The van der Waals surface area contributed by atoms with Crippen LogP contribution in [0.15, 0.2) is 17.0 Å². The van der Waals surface area contributed by atoms with Gasteiger partial charge in [0.25, 0.3) is 0 Å². The molecule has 0 aromatic heterocycles. The molecule has 1 rings (SSSR count). The average Bonchev–Trinajstić information content (AvgIpc) is 2.34. The standard InChI is InChI=1S/C11H17NO3S/c1-13-9-6-8(16-5-4-12)7-10(14-2)11(9)15-3/h6-7H,4-5,12H2,1-3H3. The van der Waals surface area contributed by atoms with Crippen LogP contribution in [0.4, 0.5) is 0 Å². The van der Waals surface area contributed by atoms with E-state index < -0.39 is 0 Å². The van der Waals surface area contributed by atoms with Crippen molar-refractivity contribution in [3.63, 3.8) is 0 Å². The number of methoxy groups -OCH3 is 3. The van der Waals surface area contributed by atoms with Gasteiger partial charge in [0.2, 0.25) is 5.75 Å². The molecule has 0 aliphatic rings. The van der Waals surface area contributed by atoms with Crippen LogP contribution in [0.1, 0.15) is 0 Å². The Hall–Kier alpha value is -1.07. The second-order valence-electron chi connectivity index (χ2n) is 3.00. The van der Waals surface area contributed by atoms with E-state index in [1.807, 2.05) is 12.1 Å². The van der Waals surface area contributed by atoms with Gasteiger partial charge in [0.15, 0.2) is 11.5 Å². The number of thioether (sulfide) groups is 1. The summed E-state index contributed by atoms with van der Waals surface area (Å²) in [4.78, 5) is 1.06. The zero-order valence-electron chi connectivity index (χ0n) is 9.78. The Bertz CT molecular complexity index is 319. The fourth-order valence-electron chi connectivity index (χ4n) is 1.32. The van der Waals surface area contributed by atoms with Crippen molar-refractivity contribution >= 4 is 11.8 Å². The minimum Gasteiger partial charge on any atom is -0.493 e. The molecule has 0 radical (unpaired) electrons. The van der Waals surface area contributed by atoms with Gasteiger partial charge in [-0.25, -0.2) is 0 Å². The molecule has 0 bridgehead atoms. The summed E-state index contributed by atoms with van der Waals surface area (Å²) in [5.74, 6) is 2.81. The average molecular weight is 243 g/mol. The molecule has 0 saturated heterocycles. The molecular formula is C11H17NO3S. The van der Waals surface area contributed by atoms with Crippen LogP contribution in [0.25, 0.3) is 0 Å². The summed E-state index contributed by atoms with van der Waals surface area (Å²) in [6.07, 6.45) is 0. The Morgan fingerprint density at radius 3 is 2.00 bits per heavy atom. The molecule has 0 atom stereocenters. The maximum atomic E-state index is 5.47. The summed E-state index contributed by atoms with van der Waals surface area (Å²) >= 11 is 1.66. The van der Waals surface area contributed by atoms with E-state index in [0.717, 1.165) is 10.6 Å². The maximum absolute atomic E-state index is 5.47. The molecule has 0 aliphatic carbocycles. The van der Waals surface area contributed by atoms with Crippen LogP contribution in [-0.4, -0.2) is 33.6 Å². The lowest BCUT2D eigenvalue weighted by Gasteiger charge is -2.13. The molecule has 16 heavy (non-hydrogen) atoms. The lowest BCUT2D eigenvalue weighted by atomic mass is 10.3. The van der Waals surface area contributed by atoms with Crippen molar-refractivity contribution in [2.24, 2.45) is 5.73 Å². The van der Waals surface area contributed by atoms with E-state index in [2.05, 4.69) is 0 Å². The lowest BCUT2D eigenvalue weighted by Crippen LogP contribution is -2.01. The van der Waals surface area contributed by atoms with E-state index in [1.165, 1.54) is 0 Å². The largest absolute Gasteiger partial charge is 0.493 e. The minimum atomic E-state index is 0.613. The van der Waals surface area contributed by atoms with E-state index in [9.17, 15) is 0 Å². The highest BCUT2D eigenvalue weighted by Crippen LogP contribution is 2.40. The van der Waals surface area contributed by atoms with Gasteiger partial charge in [0, 0.05) is 17.2 Å². The molecule has 1 aromatic rings. The van der Waals surface area contributed by atoms with Crippen molar-refractivity contribution in [3.05, 3.63) is 12.1 Å². The van der Waals surface area contributed by atoms with E-state index >= 15 is 0 Å². The number of hydrogen-bond acceptors (Lipinski definition) is 5. The number of hydrogen-bond donors (Lipinski definition) is 1. The lowest BCUT2D eigenvalue weighted by molar-refractivity contribution is 0.323. The van der Waals surface area contributed by atoms with Crippen LogP contribution in [-0.2, 0) is 0 Å². The van der Waals surface area contributed by atoms with Crippen LogP contribution in [0.2, 0.25) is 0 Å². The zero-order chi connectivity index (χ0) is 12.0. The predicted molar refractivity (Wildman–Crippen MR) is 65.9 cm³/mol. The molecule has 0 spiro atoms. The first-order valence-electron chi connectivity index (χ1n) is 4.89. The minimum absolute atomic E-state index is 0.613. The Labute approximate surface area is 100 Å². The second-order valence-corrected chi connectivity index (χ2v) is 4.17. The van der Waals surface area contributed by atoms with E-state index in [1.54, 1.807) is 33.1 Å². The van der Waals surface area contributed by atoms with E-state index in [4.69, 9.17) is 19.9 Å². The number of rotatable bonds is 6. The van der Waals surface area contributed by atoms with Crippen molar-refractivity contribution in [1.82, 2.24) is 0 Å². The van der Waals surface area contributed by atoms with Crippen molar-refractivity contribution in [2.75, 3.05) is 33.6 Å². The Kier molecular flexibility index (Phi) is 5.28. The second kappa shape index (κ2) is 6.50. The van der Waals surface area contributed by atoms with Gasteiger partial charge in [-0.3, -0.25) is 0 Å². The smallest absolute Gasteiger partial charge is 0.203 e. The maximum Gasteiger partial charge on any atom is 0.203 e. The van der Waals surface area contributed by atoms with Crippen LogP contribution in [0, 0.1) is 0 Å². The fraction of sp³-hybridized carbons (Fsp3) is 0.455. The summed E-state index contributed by atoms with van der Waals surface area (Å²) in [6, 6.07) is 3.84. The highest BCUT2D eigenvalue weighted by molar-refractivity contribution is 7.99. The molecular weight excluding hydrogens is 226 g/mol. The van der Waals surface area contributed by atoms with Gasteiger partial charge in [0.05, 0.1) is 21.3 Å². The molecule has 0 amide bonds. The van der Waals surface area contributed by atoms with Crippen LogP contribution >= 0.6 is 11.8 Å². The molecule has 5 heteroatoms. The normalized spacial score (nSPS) is 10.0. The van der Waals surface area contributed by atoms with Crippen molar-refractivity contribution in [2.45, 2.75) is 4.90 Å². The summed E-state index contributed by atoms with van der Waals surface area (Å²) in [6.45, 7) is 0.640. The molecule has 90 valence electrons. The van der Waals surface area contributed by atoms with Gasteiger partial charge in [-0.05, 0) is 12.1 Å². The number of benzene rings is 1. The summed E-state index contributed by atoms with van der Waals surface area (Å²) in [7, 11) is 4.80. The van der Waals surface area contributed by atoms with Crippen LogP contribution in [0.5, 0.6) is 17.2 Å². The third kappa shape index (κ3) is 2.96. The summed E-state index contributed by atoms with van der Waals surface area (Å²) in [5.41, 5.74) is 5.47. The van der Waals surface area contributed by atoms with Crippen LogP contribution in [0.3, 0.4) is 0 Å². The van der Waals surface area contributed by atoms with Crippen molar-refractivity contribution in [3.8, 4) is 17.2 Å². The van der Waals surface area contributed by atoms with Gasteiger partial charge in [0.1, 0.15) is 0 Å². The third-order valence-electron chi connectivity index (χ3n) is 2.02. The van der Waals surface area contributed by atoms with Crippen molar-refractivity contribution < 1.29 is 14.2 Å². The molecule has 0 fully saturated rings. The molecule has 0 saturated carbocycles. The quantitative estimate of drug-likeness (QED) is 0.772. The van der Waals surface area contributed by atoms with E-state index in [-0.39, 0.29) is 0 Å². The van der Waals surface area contributed by atoms with Crippen LogP contribution < -0.4 is 19.9 Å². The molecule has 0 heterocycles. The highest BCUT2D eigenvalue weighted by atomic mass is 32.2. The first-order chi connectivity index (χ1) is 7.76. The number of ether oxygens (including phenoxy) is 3. The Balaban J connectivity index is 3.05. The van der Waals surface area contributed by atoms with Gasteiger partial charge < -0.3 is 19.9 Å². The topological polar surface area (TPSA) is 53.7 Å². The SMILES string of the molecule is COc1cc(SCCN)cc(OC)c1OC. The van der Waals surface area contributed by atoms with Gasteiger partial charge in [-0.1, -0.05) is 0 Å². The van der Waals surface area contributed by atoms with E-state index in [0.29, 0.717) is 23.8 Å². The van der Waals surface area contributed by atoms with Gasteiger partial charge in [-0.15, -0.1) is 11.8 Å². The summed E-state index contributed by atoms with van der Waals surface area (Å²) < 4.78 is 15.7. The Morgan fingerprint density at radius 1 is 1.06 bits per heavy atom. The summed E-state index contributed by atoms with van der Waals surface area (Å²) in [5, 5.41) is 0. The first-order valence-corrected chi connectivity index (χ1v) is 5.88. The molecule has 2 N–H and O–H groups in total. The third-order valence-corrected chi connectivity index (χ3v) is 3.03. The first kappa shape index (κ1) is 13.0. The highest BCUT2D eigenvalue weighted by Gasteiger charge is 2.12. The molecule has 0 aliphatic heterocycles. The predicted octanol–water partition coefficient (Wildman–Crippen LogP) is 1.76. The molecule has 0 unspecified atom stereocenters. The molecule has 4 nitrogen and oxygen atoms in total. The Morgan fingerprint density at radius 2 is 1.62 bits per heavy atom. The van der Waals surface area contributed by atoms with Gasteiger partial charge >= 0.3 is 0 Å². The number of nitrogens with two attached hydrogens (primary N) is 1. The zero-order valence-corrected chi connectivity index (χ0v) is 10.6. The fourth-order valence-corrected chi connectivity index (χ4v) is 2.05. The van der Waals surface area contributed by atoms with Gasteiger partial charge in [-0.2, -0.15) is 0 Å². The monoisotopic (exact) mass is 243 g/mol.